The highest BCUT2D eigenvalue weighted by molar-refractivity contribution is 6.62. The predicted octanol–water partition coefficient (Wildman–Crippen LogP) is 1.99. The minimum atomic E-state index is -0.361. The van der Waals surface area contributed by atoms with Crippen LogP contribution >= 0.6 is 11.6 Å². The van der Waals surface area contributed by atoms with Crippen LogP contribution in [-0.4, -0.2) is 17.0 Å². The van der Waals surface area contributed by atoms with Crippen molar-refractivity contribution in [2.75, 3.05) is 6.61 Å². The van der Waals surface area contributed by atoms with Gasteiger partial charge in [-0.15, -0.1) is 0 Å². The standard InChI is InChI=1S/C8H10O.C2H3ClO/c9-7-6-8-4-2-1-3-5-8;1-2(3)4/h1-5,9H,6-7H2;1H3. The smallest absolute Gasteiger partial charge is 0.218 e. The Morgan fingerprint density at radius 1 is 1.38 bits per heavy atom. The molecule has 0 aliphatic carbocycles. The van der Waals surface area contributed by atoms with Crippen LogP contribution < -0.4 is 0 Å². The molecule has 0 aromatic heterocycles. The molecule has 0 aliphatic heterocycles. The molecule has 1 rings (SSSR count). The van der Waals surface area contributed by atoms with Gasteiger partial charge in [-0.1, -0.05) is 30.3 Å². The minimum Gasteiger partial charge on any atom is -0.396 e. The van der Waals surface area contributed by atoms with Crippen molar-refractivity contribution in [3.63, 3.8) is 0 Å². The van der Waals surface area contributed by atoms with Gasteiger partial charge in [0.2, 0.25) is 5.24 Å². The minimum absolute atomic E-state index is 0.240. The summed E-state index contributed by atoms with van der Waals surface area (Å²) in [4.78, 5) is 9.21. The molecule has 0 radical (unpaired) electrons. The Morgan fingerprint density at radius 3 is 2.23 bits per heavy atom. The number of carbonyl (C=O) groups is 1. The lowest BCUT2D eigenvalue weighted by Gasteiger charge is -1.93. The number of aliphatic hydroxyl groups excluding tert-OH is 1. The molecule has 13 heavy (non-hydrogen) atoms. The summed E-state index contributed by atoms with van der Waals surface area (Å²) in [5.74, 6) is 0. The maximum absolute atomic E-state index is 9.21. The third kappa shape index (κ3) is 9.05. The zero-order valence-electron chi connectivity index (χ0n) is 7.53. The van der Waals surface area contributed by atoms with Crippen molar-refractivity contribution >= 4 is 16.8 Å². The lowest BCUT2D eigenvalue weighted by atomic mass is 10.2. The highest BCUT2D eigenvalue weighted by Gasteiger charge is 1.85. The SMILES string of the molecule is CC(=O)Cl.OCCc1ccccc1. The third-order valence-electron chi connectivity index (χ3n) is 1.24. The molecule has 0 saturated heterocycles. The summed E-state index contributed by atoms with van der Waals surface area (Å²) in [6, 6.07) is 9.95. The van der Waals surface area contributed by atoms with Gasteiger partial charge < -0.3 is 5.11 Å². The monoisotopic (exact) mass is 200 g/mol. The summed E-state index contributed by atoms with van der Waals surface area (Å²) < 4.78 is 0. The van der Waals surface area contributed by atoms with Gasteiger partial charge in [0.05, 0.1) is 0 Å². The Labute approximate surface area is 83.2 Å². The van der Waals surface area contributed by atoms with Crippen molar-refractivity contribution in [2.45, 2.75) is 13.3 Å². The average Bonchev–Trinajstić information content (AvgIpc) is 2.06. The first-order valence-corrected chi connectivity index (χ1v) is 4.35. The number of rotatable bonds is 2. The molecule has 0 spiro atoms. The number of halogens is 1. The van der Waals surface area contributed by atoms with Gasteiger partial charge in [-0.05, 0) is 23.6 Å². The maximum atomic E-state index is 9.21. The van der Waals surface area contributed by atoms with Gasteiger partial charge in [-0.2, -0.15) is 0 Å². The fourth-order valence-corrected chi connectivity index (χ4v) is 0.774. The summed E-state index contributed by atoms with van der Waals surface area (Å²) >= 11 is 4.64. The van der Waals surface area contributed by atoms with E-state index in [2.05, 4.69) is 11.6 Å². The van der Waals surface area contributed by atoms with E-state index in [1.807, 2.05) is 30.3 Å². The molecule has 0 atom stereocenters. The Balaban J connectivity index is 0.000000310. The van der Waals surface area contributed by atoms with Crippen molar-refractivity contribution in [3.8, 4) is 0 Å². The number of aliphatic hydroxyl groups is 1. The van der Waals surface area contributed by atoms with Gasteiger partial charge >= 0.3 is 0 Å². The number of hydrogen-bond donors (Lipinski definition) is 1. The Hall–Kier alpha value is -0.860. The number of hydrogen-bond acceptors (Lipinski definition) is 2. The van der Waals surface area contributed by atoms with E-state index < -0.39 is 0 Å². The van der Waals surface area contributed by atoms with E-state index in [-0.39, 0.29) is 11.8 Å². The van der Waals surface area contributed by atoms with Gasteiger partial charge in [0.25, 0.3) is 0 Å². The predicted molar refractivity (Wildman–Crippen MR) is 53.8 cm³/mol. The summed E-state index contributed by atoms with van der Waals surface area (Å²) in [5, 5.41) is 8.16. The second kappa shape index (κ2) is 7.77. The van der Waals surface area contributed by atoms with Crippen LogP contribution in [-0.2, 0) is 11.2 Å². The molecule has 1 N–H and O–H groups in total. The second-order valence-electron chi connectivity index (χ2n) is 2.43. The molecule has 2 nitrogen and oxygen atoms in total. The van der Waals surface area contributed by atoms with E-state index in [1.165, 1.54) is 12.5 Å². The summed E-state index contributed by atoms with van der Waals surface area (Å²) in [6.07, 6.45) is 0.765. The van der Waals surface area contributed by atoms with Crippen LogP contribution in [0.25, 0.3) is 0 Å². The first kappa shape index (κ1) is 12.1. The third-order valence-corrected chi connectivity index (χ3v) is 1.24. The number of benzene rings is 1. The largest absolute Gasteiger partial charge is 0.396 e. The normalized spacial score (nSPS) is 8.54. The number of carbonyl (C=O) groups excluding carboxylic acids is 1. The van der Waals surface area contributed by atoms with Crippen LogP contribution in [0.4, 0.5) is 0 Å². The lowest BCUT2D eigenvalue weighted by Crippen LogP contribution is -1.88. The topological polar surface area (TPSA) is 37.3 Å². The van der Waals surface area contributed by atoms with Gasteiger partial charge in [0.15, 0.2) is 0 Å². The van der Waals surface area contributed by atoms with Crippen LogP contribution in [0.15, 0.2) is 30.3 Å². The van der Waals surface area contributed by atoms with E-state index >= 15 is 0 Å². The molecular formula is C10H13ClO2. The van der Waals surface area contributed by atoms with E-state index in [1.54, 1.807) is 0 Å². The van der Waals surface area contributed by atoms with Crippen LogP contribution in [0.3, 0.4) is 0 Å². The highest BCUT2D eigenvalue weighted by Crippen LogP contribution is 1.97. The van der Waals surface area contributed by atoms with Crippen LogP contribution in [0.2, 0.25) is 0 Å². The highest BCUT2D eigenvalue weighted by atomic mass is 35.5. The lowest BCUT2D eigenvalue weighted by molar-refractivity contribution is -0.109. The van der Waals surface area contributed by atoms with E-state index in [4.69, 9.17) is 5.11 Å². The molecule has 0 bridgehead atoms. The molecule has 0 fully saturated rings. The summed E-state index contributed by atoms with van der Waals surface area (Å²) in [5.41, 5.74) is 1.19. The molecule has 1 aromatic rings. The first-order chi connectivity index (χ1) is 6.16. The molecule has 0 unspecified atom stereocenters. The quantitative estimate of drug-likeness (QED) is 0.742. The van der Waals surface area contributed by atoms with E-state index in [0.29, 0.717) is 0 Å². The molecule has 0 saturated carbocycles. The Bertz CT molecular complexity index is 230. The fourth-order valence-electron chi connectivity index (χ4n) is 0.774. The summed E-state index contributed by atoms with van der Waals surface area (Å²) in [7, 11) is 0. The molecule has 0 aliphatic rings. The molecule has 0 heterocycles. The van der Waals surface area contributed by atoms with Crippen molar-refractivity contribution in [2.24, 2.45) is 0 Å². The second-order valence-corrected chi connectivity index (χ2v) is 2.96. The molecule has 3 heteroatoms. The molecule has 1 aromatic carbocycles. The molecule has 0 amide bonds. The van der Waals surface area contributed by atoms with Crippen molar-refractivity contribution in [1.82, 2.24) is 0 Å². The van der Waals surface area contributed by atoms with Crippen LogP contribution in [0, 0.1) is 0 Å². The Kier molecular flexibility index (Phi) is 7.26. The van der Waals surface area contributed by atoms with Gasteiger partial charge in [-0.25, -0.2) is 0 Å². The van der Waals surface area contributed by atoms with E-state index in [9.17, 15) is 4.79 Å². The van der Waals surface area contributed by atoms with Crippen molar-refractivity contribution < 1.29 is 9.90 Å². The van der Waals surface area contributed by atoms with E-state index in [0.717, 1.165) is 6.42 Å². The average molecular weight is 201 g/mol. The molecule has 72 valence electrons. The van der Waals surface area contributed by atoms with Crippen molar-refractivity contribution in [1.29, 1.82) is 0 Å². The zero-order chi connectivity index (χ0) is 10.1. The zero-order valence-corrected chi connectivity index (χ0v) is 8.29. The first-order valence-electron chi connectivity index (χ1n) is 3.97. The summed E-state index contributed by atoms with van der Waals surface area (Å²) in [6.45, 7) is 1.53. The maximum Gasteiger partial charge on any atom is 0.218 e. The molecular weight excluding hydrogens is 188 g/mol. The Morgan fingerprint density at radius 2 is 1.85 bits per heavy atom. The van der Waals surface area contributed by atoms with Gasteiger partial charge in [-0.3, -0.25) is 4.79 Å². The van der Waals surface area contributed by atoms with Crippen molar-refractivity contribution in [3.05, 3.63) is 35.9 Å². The van der Waals surface area contributed by atoms with Gasteiger partial charge in [0.1, 0.15) is 0 Å². The van der Waals surface area contributed by atoms with Crippen LogP contribution in [0.1, 0.15) is 12.5 Å². The van der Waals surface area contributed by atoms with Gasteiger partial charge in [0, 0.05) is 13.5 Å². The van der Waals surface area contributed by atoms with Crippen LogP contribution in [0.5, 0.6) is 0 Å². The fraction of sp³-hybridized carbons (Fsp3) is 0.300.